The summed E-state index contributed by atoms with van der Waals surface area (Å²) in [5, 5.41) is 9.11. The van der Waals surface area contributed by atoms with Crippen molar-refractivity contribution in [2.75, 3.05) is 25.0 Å². The van der Waals surface area contributed by atoms with Crippen LogP contribution in [-0.4, -0.2) is 63.4 Å². The summed E-state index contributed by atoms with van der Waals surface area (Å²) in [7, 11) is 0. The van der Waals surface area contributed by atoms with E-state index in [4.69, 9.17) is 0 Å². The average Bonchev–Trinajstić information content (AvgIpc) is 3.46. The number of anilines is 1. The SMILES string of the molecule is O=C(NCC1CC1)C1C=CC2=C(N1)N(C(=O)Nc1cnccn1)[C@H]1CCN2C1. The van der Waals surface area contributed by atoms with Crippen molar-refractivity contribution < 1.29 is 9.59 Å². The average molecular weight is 381 g/mol. The van der Waals surface area contributed by atoms with Gasteiger partial charge in [0.25, 0.3) is 0 Å². The number of amides is 3. The maximum absolute atomic E-state index is 13.0. The second kappa shape index (κ2) is 6.81. The third kappa shape index (κ3) is 3.17. The molecular formula is C19H23N7O2. The third-order valence-corrected chi connectivity index (χ3v) is 5.65. The van der Waals surface area contributed by atoms with Crippen molar-refractivity contribution in [3.63, 3.8) is 0 Å². The van der Waals surface area contributed by atoms with E-state index in [2.05, 4.69) is 30.8 Å². The van der Waals surface area contributed by atoms with Crippen molar-refractivity contribution in [3.8, 4) is 0 Å². The predicted octanol–water partition coefficient (Wildman–Crippen LogP) is 0.622. The van der Waals surface area contributed by atoms with Crippen LogP contribution < -0.4 is 16.0 Å². The van der Waals surface area contributed by atoms with Crippen LogP contribution in [0.3, 0.4) is 0 Å². The van der Waals surface area contributed by atoms with Gasteiger partial charge in [-0.25, -0.2) is 9.78 Å². The fourth-order valence-electron chi connectivity index (χ4n) is 3.97. The molecule has 1 aromatic heterocycles. The molecule has 1 unspecified atom stereocenters. The summed E-state index contributed by atoms with van der Waals surface area (Å²) < 4.78 is 0. The Morgan fingerprint density at radius 2 is 2.14 bits per heavy atom. The van der Waals surface area contributed by atoms with Gasteiger partial charge in [0.15, 0.2) is 5.82 Å². The molecule has 4 heterocycles. The number of carbonyl (C=O) groups is 2. The minimum absolute atomic E-state index is 0.0584. The zero-order valence-electron chi connectivity index (χ0n) is 15.5. The molecule has 4 aliphatic rings. The molecule has 1 aromatic rings. The highest BCUT2D eigenvalue weighted by atomic mass is 16.2. The third-order valence-electron chi connectivity index (χ3n) is 5.65. The largest absolute Gasteiger partial charge is 0.366 e. The molecule has 3 amide bonds. The fourth-order valence-corrected chi connectivity index (χ4v) is 3.97. The molecule has 1 saturated carbocycles. The van der Waals surface area contributed by atoms with Gasteiger partial charge in [-0.1, -0.05) is 6.08 Å². The maximum Gasteiger partial charge on any atom is 0.329 e. The summed E-state index contributed by atoms with van der Waals surface area (Å²) in [6.07, 6.45) is 11.7. The van der Waals surface area contributed by atoms with E-state index < -0.39 is 6.04 Å². The van der Waals surface area contributed by atoms with Gasteiger partial charge < -0.3 is 15.5 Å². The predicted molar refractivity (Wildman–Crippen MR) is 102 cm³/mol. The number of hydrogen-bond donors (Lipinski definition) is 3. The normalized spacial score (nSPS) is 25.3. The summed E-state index contributed by atoms with van der Waals surface area (Å²) >= 11 is 0. The molecule has 0 radical (unpaired) electrons. The molecule has 0 aromatic carbocycles. The van der Waals surface area contributed by atoms with Crippen molar-refractivity contribution in [1.82, 2.24) is 30.4 Å². The van der Waals surface area contributed by atoms with Gasteiger partial charge >= 0.3 is 6.03 Å². The van der Waals surface area contributed by atoms with Gasteiger partial charge in [0.2, 0.25) is 5.91 Å². The number of rotatable bonds is 4. The molecule has 5 rings (SSSR count). The minimum atomic E-state index is -0.483. The molecular weight excluding hydrogens is 358 g/mol. The van der Waals surface area contributed by atoms with Crippen LogP contribution in [0.2, 0.25) is 0 Å². The molecule has 2 atom stereocenters. The Kier molecular flexibility index (Phi) is 4.14. The lowest BCUT2D eigenvalue weighted by molar-refractivity contribution is -0.122. The van der Waals surface area contributed by atoms with Crippen LogP contribution in [0, 0.1) is 5.92 Å². The topological polar surface area (TPSA) is 102 Å². The summed E-state index contributed by atoms with van der Waals surface area (Å²) in [4.78, 5) is 37.7. The summed E-state index contributed by atoms with van der Waals surface area (Å²) in [5.41, 5.74) is 0.953. The number of aromatic nitrogens is 2. The summed E-state index contributed by atoms with van der Waals surface area (Å²) in [6, 6.07) is -0.688. The van der Waals surface area contributed by atoms with Crippen LogP contribution in [0.5, 0.6) is 0 Å². The van der Waals surface area contributed by atoms with Crippen molar-refractivity contribution in [3.05, 3.63) is 42.3 Å². The Hall–Kier alpha value is -3.10. The number of allylic oxidation sites excluding steroid dienone is 1. The van der Waals surface area contributed by atoms with Gasteiger partial charge in [-0.05, 0) is 31.3 Å². The summed E-state index contributed by atoms with van der Waals surface area (Å²) in [6.45, 7) is 2.41. The molecule has 2 fully saturated rings. The van der Waals surface area contributed by atoms with E-state index in [1.165, 1.54) is 25.2 Å². The number of carbonyl (C=O) groups excluding carboxylic acids is 2. The standard InChI is InChI=1S/C19H23N7O2/c27-18(22-9-12-1-2-12)14-3-4-15-17(23-14)26(13-5-8-25(15)11-13)19(28)24-16-10-20-6-7-21-16/h3-4,6-7,10,12-14,23H,1-2,5,8-9,11H2,(H,22,27)(H,21,24,28)/t13-,14?/m0/s1. The lowest BCUT2D eigenvalue weighted by Crippen LogP contribution is -2.56. The molecule has 2 bridgehead atoms. The first-order valence-corrected chi connectivity index (χ1v) is 9.77. The zero-order chi connectivity index (χ0) is 19.1. The Morgan fingerprint density at radius 3 is 2.93 bits per heavy atom. The molecule has 146 valence electrons. The minimum Gasteiger partial charge on any atom is -0.366 e. The quantitative estimate of drug-likeness (QED) is 0.707. The van der Waals surface area contributed by atoms with E-state index in [0.29, 0.717) is 17.6 Å². The van der Waals surface area contributed by atoms with Crippen LogP contribution in [0.15, 0.2) is 42.3 Å². The van der Waals surface area contributed by atoms with Crippen LogP contribution in [0.4, 0.5) is 10.6 Å². The lowest BCUT2D eigenvalue weighted by Gasteiger charge is -2.40. The van der Waals surface area contributed by atoms with Crippen LogP contribution in [0.25, 0.3) is 0 Å². The van der Waals surface area contributed by atoms with E-state index >= 15 is 0 Å². The number of urea groups is 1. The zero-order valence-corrected chi connectivity index (χ0v) is 15.5. The first-order valence-electron chi connectivity index (χ1n) is 9.77. The van der Waals surface area contributed by atoms with E-state index in [-0.39, 0.29) is 18.0 Å². The number of fused-ring (bicyclic) bond motifs is 3. The molecule has 28 heavy (non-hydrogen) atoms. The number of dihydropyridines is 1. The van der Waals surface area contributed by atoms with Crippen LogP contribution in [-0.2, 0) is 4.79 Å². The van der Waals surface area contributed by atoms with Gasteiger partial charge in [0.1, 0.15) is 11.9 Å². The van der Waals surface area contributed by atoms with Gasteiger partial charge in [0.05, 0.1) is 17.9 Å². The van der Waals surface area contributed by atoms with Gasteiger partial charge in [-0.2, -0.15) is 0 Å². The molecule has 0 spiro atoms. The molecule has 3 N–H and O–H groups in total. The maximum atomic E-state index is 13.0. The molecule has 9 nitrogen and oxygen atoms in total. The van der Waals surface area contributed by atoms with E-state index in [0.717, 1.165) is 31.8 Å². The molecule has 3 aliphatic heterocycles. The van der Waals surface area contributed by atoms with E-state index in [1.807, 2.05) is 12.2 Å². The summed E-state index contributed by atoms with van der Waals surface area (Å²) in [5.74, 6) is 1.65. The van der Waals surface area contributed by atoms with Gasteiger partial charge in [0, 0.05) is 32.0 Å². The Bertz CT molecular complexity index is 849. The Labute approximate surface area is 162 Å². The van der Waals surface area contributed by atoms with Crippen molar-refractivity contribution >= 4 is 17.8 Å². The van der Waals surface area contributed by atoms with Crippen molar-refractivity contribution in [2.24, 2.45) is 5.92 Å². The first-order chi connectivity index (χ1) is 13.7. The Balaban J connectivity index is 1.35. The molecule has 1 aliphatic carbocycles. The highest BCUT2D eigenvalue weighted by Crippen LogP contribution is 2.33. The second-order valence-electron chi connectivity index (χ2n) is 7.68. The number of nitrogens with one attached hydrogen (secondary N) is 3. The van der Waals surface area contributed by atoms with Crippen molar-refractivity contribution in [2.45, 2.75) is 31.3 Å². The molecule has 1 saturated heterocycles. The number of hydrogen-bond acceptors (Lipinski definition) is 6. The van der Waals surface area contributed by atoms with E-state index in [9.17, 15) is 9.59 Å². The van der Waals surface area contributed by atoms with Crippen LogP contribution in [0.1, 0.15) is 19.3 Å². The molecule has 9 heteroatoms. The highest BCUT2D eigenvalue weighted by molar-refractivity contribution is 5.90. The van der Waals surface area contributed by atoms with Gasteiger partial charge in [-0.3, -0.25) is 20.0 Å². The van der Waals surface area contributed by atoms with Crippen molar-refractivity contribution in [1.29, 1.82) is 0 Å². The first kappa shape index (κ1) is 17.0. The van der Waals surface area contributed by atoms with Crippen LogP contribution >= 0.6 is 0 Å². The fraction of sp³-hybridized carbons (Fsp3) is 0.474. The smallest absolute Gasteiger partial charge is 0.329 e. The highest BCUT2D eigenvalue weighted by Gasteiger charge is 2.42. The monoisotopic (exact) mass is 381 g/mol. The lowest BCUT2D eigenvalue weighted by atomic mass is 10.1. The number of nitrogens with zero attached hydrogens (tertiary/aromatic N) is 4. The Morgan fingerprint density at radius 1 is 1.25 bits per heavy atom. The van der Waals surface area contributed by atoms with Gasteiger partial charge in [-0.15, -0.1) is 0 Å². The second-order valence-corrected chi connectivity index (χ2v) is 7.68. The van der Waals surface area contributed by atoms with E-state index in [1.54, 1.807) is 11.1 Å².